The number of carbonyl (C=O) groups is 1. The van der Waals surface area contributed by atoms with Gasteiger partial charge in [0.1, 0.15) is 0 Å². The van der Waals surface area contributed by atoms with E-state index in [2.05, 4.69) is 0 Å². The van der Waals surface area contributed by atoms with Gasteiger partial charge in [-0.15, -0.1) is 0 Å². The molecule has 0 spiro atoms. The number of nitrogens with zero attached hydrogens (tertiary/aromatic N) is 1. The Morgan fingerprint density at radius 3 is 3.00 bits per heavy atom. The maximum absolute atomic E-state index is 11.5. The van der Waals surface area contributed by atoms with Crippen molar-refractivity contribution in [1.29, 1.82) is 0 Å². The molecule has 0 amide bonds. The van der Waals surface area contributed by atoms with E-state index in [-0.39, 0.29) is 18.3 Å². The molecule has 4 heteroatoms. The summed E-state index contributed by atoms with van der Waals surface area (Å²) in [5.74, 6) is 0.314. The first-order valence-electron chi connectivity index (χ1n) is 4.64. The molecule has 1 heterocycles. The highest BCUT2D eigenvalue weighted by Gasteiger charge is 2.23. The van der Waals surface area contributed by atoms with Gasteiger partial charge in [-0.25, -0.2) is 0 Å². The number of aliphatic hydroxyl groups is 1. The number of aliphatic hydroxyl groups excluding tert-OH is 1. The van der Waals surface area contributed by atoms with E-state index in [9.17, 15) is 4.79 Å². The lowest BCUT2D eigenvalue weighted by molar-refractivity contribution is -0.123. The van der Waals surface area contributed by atoms with Crippen LogP contribution in [-0.4, -0.2) is 55.7 Å². The number of hydrogen-bond donors (Lipinski definition) is 1. The summed E-state index contributed by atoms with van der Waals surface area (Å²) in [6.07, 6.45) is 0.853. The summed E-state index contributed by atoms with van der Waals surface area (Å²) < 4.78 is 5.13. The van der Waals surface area contributed by atoms with Crippen molar-refractivity contribution in [2.75, 3.05) is 40.0 Å². The van der Waals surface area contributed by atoms with Gasteiger partial charge in [0.2, 0.25) is 0 Å². The molecule has 0 saturated carbocycles. The second-order valence-electron chi connectivity index (χ2n) is 3.49. The number of rotatable bonds is 5. The van der Waals surface area contributed by atoms with Crippen LogP contribution >= 0.6 is 0 Å². The quantitative estimate of drug-likeness (QED) is 0.631. The maximum atomic E-state index is 11.5. The topological polar surface area (TPSA) is 49.8 Å². The van der Waals surface area contributed by atoms with Crippen molar-refractivity contribution in [1.82, 2.24) is 4.90 Å². The van der Waals surface area contributed by atoms with Crippen LogP contribution in [0.1, 0.15) is 6.42 Å². The normalized spacial score (nSPS) is 22.5. The van der Waals surface area contributed by atoms with Gasteiger partial charge < -0.3 is 9.84 Å². The van der Waals surface area contributed by atoms with Gasteiger partial charge in [-0.1, -0.05) is 0 Å². The molecule has 1 atom stereocenters. The molecule has 0 radical (unpaired) electrons. The molecule has 13 heavy (non-hydrogen) atoms. The van der Waals surface area contributed by atoms with E-state index in [1.807, 2.05) is 11.9 Å². The van der Waals surface area contributed by atoms with Crippen LogP contribution in [0.15, 0.2) is 0 Å². The molecule has 1 aliphatic rings. The Morgan fingerprint density at radius 2 is 2.46 bits per heavy atom. The molecule has 0 bridgehead atoms. The molecule has 0 aromatic heterocycles. The van der Waals surface area contributed by atoms with Crippen molar-refractivity contribution in [3.8, 4) is 0 Å². The zero-order chi connectivity index (χ0) is 9.68. The molecule has 76 valence electrons. The molecule has 0 aromatic carbocycles. The first-order chi connectivity index (χ1) is 6.24. The van der Waals surface area contributed by atoms with Crippen molar-refractivity contribution in [3.05, 3.63) is 0 Å². The molecule has 0 aromatic rings. The Bertz CT molecular complexity index is 166. The lowest BCUT2D eigenvalue weighted by Crippen LogP contribution is -2.32. The fraction of sp³-hybridized carbons (Fsp3) is 0.889. The Kier molecular flexibility index (Phi) is 4.35. The Balaban J connectivity index is 2.23. The van der Waals surface area contributed by atoms with Gasteiger partial charge in [0.15, 0.2) is 5.78 Å². The Labute approximate surface area is 78.5 Å². The smallest absolute Gasteiger partial charge is 0.152 e. The molecule has 1 fully saturated rings. The molecule has 1 rings (SSSR count). The predicted octanol–water partition coefficient (Wildman–Crippen LogP) is -0.484. The molecular formula is C9H17NO3. The van der Waals surface area contributed by atoms with Gasteiger partial charge in [-0.3, -0.25) is 9.69 Å². The van der Waals surface area contributed by atoms with Crippen molar-refractivity contribution in [2.24, 2.45) is 5.92 Å². The number of carbonyl (C=O) groups excluding carboxylic acids is 1. The van der Waals surface area contributed by atoms with Gasteiger partial charge in [0.05, 0.1) is 19.8 Å². The second kappa shape index (κ2) is 5.32. The van der Waals surface area contributed by atoms with E-state index in [1.54, 1.807) is 0 Å². The monoisotopic (exact) mass is 187 g/mol. The van der Waals surface area contributed by atoms with E-state index >= 15 is 0 Å². The zero-order valence-electron chi connectivity index (χ0n) is 8.03. The van der Waals surface area contributed by atoms with Crippen molar-refractivity contribution in [2.45, 2.75) is 6.42 Å². The molecule has 4 nitrogen and oxygen atoms in total. The largest absolute Gasteiger partial charge is 0.395 e. The average molecular weight is 187 g/mol. The molecule has 1 unspecified atom stereocenters. The maximum Gasteiger partial charge on any atom is 0.152 e. The van der Waals surface area contributed by atoms with Crippen molar-refractivity contribution in [3.63, 3.8) is 0 Å². The molecule has 1 N–H and O–H groups in total. The van der Waals surface area contributed by atoms with E-state index in [1.165, 1.54) is 0 Å². The molecule has 1 aliphatic heterocycles. The minimum Gasteiger partial charge on any atom is -0.395 e. The third kappa shape index (κ3) is 3.42. The SMILES string of the molecule is CN(CCO)CC(=O)C1CCOC1. The molecular weight excluding hydrogens is 170 g/mol. The number of ketones is 1. The third-order valence-corrected chi connectivity index (χ3v) is 2.29. The second-order valence-corrected chi connectivity index (χ2v) is 3.49. The average Bonchev–Trinajstić information content (AvgIpc) is 2.55. The highest BCUT2D eigenvalue weighted by atomic mass is 16.5. The van der Waals surface area contributed by atoms with Crippen molar-refractivity contribution < 1.29 is 14.6 Å². The minimum absolute atomic E-state index is 0.0844. The van der Waals surface area contributed by atoms with Crippen LogP contribution in [0.5, 0.6) is 0 Å². The number of Topliss-reactive ketones (excluding diaryl/α,β-unsaturated/α-hetero) is 1. The number of likely N-dealkylation sites (N-methyl/N-ethyl adjacent to an activating group) is 1. The summed E-state index contributed by atoms with van der Waals surface area (Å²) in [6.45, 7) is 2.37. The first kappa shape index (κ1) is 10.6. The third-order valence-electron chi connectivity index (χ3n) is 2.29. The number of ether oxygens (including phenoxy) is 1. The van der Waals surface area contributed by atoms with Crippen LogP contribution in [0.3, 0.4) is 0 Å². The zero-order valence-corrected chi connectivity index (χ0v) is 8.03. The Morgan fingerprint density at radius 1 is 1.69 bits per heavy atom. The van der Waals surface area contributed by atoms with E-state index in [4.69, 9.17) is 9.84 Å². The lowest BCUT2D eigenvalue weighted by atomic mass is 10.0. The van der Waals surface area contributed by atoms with E-state index < -0.39 is 0 Å². The van der Waals surface area contributed by atoms with Gasteiger partial charge in [0.25, 0.3) is 0 Å². The van der Waals surface area contributed by atoms with E-state index in [0.29, 0.717) is 26.3 Å². The van der Waals surface area contributed by atoms with Gasteiger partial charge in [0, 0.05) is 19.1 Å². The van der Waals surface area contributed by atoms with Crippen LogP contribution in [0, 0.1) is 5.92 Å². The predicted molar refractivity (Wildman–Crippen MR) is 48.5 cm³/mol. The Hall–Kier alpha value is -0.450. The fourth-order valence-electron chi connectivity index (χ4n) is 1.43. The highest BCUT2D eigenvalue weighted by Crippen LogP contribution is 2.13. The van der Waals surface area contributed by atoms with Crippen molar-refractivity contribution >= 4 is 5.78 Å². The summed E-state index contributed by atoms with van der Waals surface area (Å²) in [5, 5.41) is 8.64. The molecule has 1 saturated heterocycles. The van der Waals surface area contributed by atoms with Gasteiger partial charge >= 0.3 is 0 Å². The van der Waals surface area contributed by atoms with Crippen LogP contribution in [0.4, 0.5) is 0 Å². The number of hydrogen-bond acceptors (Lipinski definition) is 4. The van der Waals surface area contributed by atoms with Crippen LogP contribution in [-0.2, 0) is 9.53 Å². The standard InChI is InChI=1S/C9H17NO3/c1-10(3-4-11)6-9(12)8-2-5-13-7-8/h8,11H,2-7H2,1H3. The lowest BCUT2D eigenvalue weighted by Gasteiger charge is -2.15. The van der Waals surface area contributed by atoms with Gasteiger partial charge in [-0.2, -0.15) is 0 Å². The van der Waals surface area contributed by atoms with Gasteiger partial charge in [-0.05, 0) is 13.5 Å². The highest BCUT2D eigenvalue weighted by molar-refractivity contribution is 5.83. The molecule has 0 aliphatic carbocycles. The summed E-state index contributed by atoms with van der Waals surface area (Å²) in [5.41, 5.74) is 0. The van der Waals surface area contributed by atoms with E-state index in [0.717, 1.165) is 6.42 Å². The summed E-state index contributed by atoms with van der Waals surface area (Å²) in [7, 11) is 1.84. The fourth-order valence-corrected chi connectivity index (χ4v) is 1.43. The summed E-state index contributed by atoms with van der Waals surface area (Å²) in [6, 6.07) is 0. The first-order valence-corrected chi connectivity index (χ1v) is 4.64. The van der Waals surface area contributed by atoms with Crippen LogP contribution in [0.25, 0.3) is 0 Å². The van der Waals surface area contributed by atoms with Crippen LogP contribution < -0.4 is 0 Å². The minimum atomic E-state index is 0.0844. The van der Waals surface area contributed by atoms with Crippen LogP contribution in [0.2, 0.25) is 0 Å². The summed E-state index contributed by atoms with van der Waals surface area (Å²) >= 11 is 0. The summed E-state index contributed by atoms with van der Waals surface area (Å²) in [4.78, 5) is 13.4.